The molecule has 2 aromatic rings. The Bertz CT molecular complexity index is 743. The molecular weight excluding hydrogens is 324 g/mol. The van der Waals surface area contributed by atoms with E-state index in [1.54, 1.807) is 6.07 Å². The van der Waals surface area contributed by atoms with Gasteiger partial charge in [-0.2, -0.15) is 0 Å². The van der Waals surface area contributed by atoms with Crippen molar-refractivity contribution in [1.82, 2.24) is 0 Å². The first-order valence-electron chi connectivity index (χ1n) is 5.52. The number of nitrogens with two attached hydrogens (primary N) is 1. The lowest BCUT2D eigenvalue weighted by atomic mass is 10.2. The van der Waals surface area contributed by atoms with Crippen LogP contribution in [0.1, 0.15) is 5.56 Å². The van der Waals surface area contributed by atoms with Crippen LogP contribution in [0.2, 0.25) is 10.0 Å². The van der Waals surface area contributed by atoms with Crippen molar-refractivity contribution in [2.75, 3.05) is 5.73 Å². The van der Waals surface area contributed by atoms with Gasteiger partial charge in [0.05, 0.1) is 16.5 Å². The van der Waals surface area contributed by atoms with Crippen LogP contribution >= 0.6 is 23.2 Å². The van der Waals surface area contributed by atoms with Gasteiger partial charge in [-0.3, -0.25) is 0 Å². The van der Waals surface area contributed by atoms with Crippen molar-refractivity contribution in [3.05, 3.63) is 57.8 Å². The van der Waals surface area contributed by atoms with E-state index in [4.69, 9.17) is 28.9 Å². The second kappa shape index (κ2) is 5.60. The zero-order chi connectivity index (χ0) is 14.9. The second-order valence-electron chi connectivity index (χ2n) is 4.15. The molecule has 0 saturated heterocycles. The molecule has 0 fully saturated rings. The third-order valence-corrected chi connectivity index (χ3v) is 5.10. The van der Waals surface area contributed by atoms with Gasteiger partial charge in [0.2, 0.25) is 0 Å². The quantitative estimate of drug-likeness (QED) is 0.871. The van der Waals surface area contributed by atoms with E-state index in [0.717, 1.165) is 6.07 Å². The number of halogens is 3. The van der Waals surface area contributed by atoms with Crippen LogP contribution < -0.4 is 5.73 Å². The number of anilines is 1. The highest BCUT2D eigenvalue weighted by molar-refractivity contribution is 7.91. The number of rotatable bonds is 3. The van der Waals surface area contributed by atoms with Crippen molar-refractivity contribution in [1.29, 1.82) is 0 Å². The highest BCUT2D eigenvalue weighted by Crippen LogP contribution is 2.30. The molecule has 0 saturated carbocycles. The van der Waals surface area contributed by atoms with Gasteiger partial charge in [-0.15, -0.1) is 0 Å². The largest absolute Gasteiger partial charge is 0.398 e. The molecule has 0 radical (unpaired) electrons. The summed E-state index contributed by atoms with van der Waals surface area (Å²) < 4.78 is 38.3. The van der Waals surface area contributed by atoms with Crippen molar-refractivity contribution in [2.24, 2.45) is 0 Å². The first-order chi connectivity index (χ1) is 9.31. The van der Waals surface area contributed by atoms with E-state index in [1.165, 1.54) is 24.3 Å². The predicted molar refractivity (Wildman–Crippen MR) is 78.2 cm³/mol. The monoisotopic (exact) mass is 333 g/mol. The van der Waals surface area contributed by atoms with Crippen molar-refractivity contribution >= 4 is 38.7 Å². The van der Waals surface area contributed by atoms with Crippen molar-refractivity contribution in [3.63, 3.8) is 0 Å². The van der Waals surface area contributed by atoms with Crippen LogP contribution in [0.25, 0.3) is 0 Å². The molecule has 0 aliphatic heterocycles. The summed E-state index contributed by atoms with van der Waals surface area (Å²) in [6.07, 6.45) is 0. The number of benzene rings is 2. The molecule has 0 aromatic heterocycles. The molecule has 3 nitrogen and oxygen atoms in total. The molecule has 0 unspecified atom stereocenters. The number of hydrogen-bond acceptors (Lipinski definition) is 3. The zero-order valence-corrected chi connectivity index (χ0v) is 12.4. The lowest BCUT2D eigenvalue weighted by molar-refractivity contribution is 0.587. The number of hydrogen-bond donors (Lipinski definition) is 1. The number of nitrogen functional groups attached to an aromatic ring is 1. The van der Waals surface area contributed by atoms with Crippen LogP contribution in [0.3, 0.4) is 0 Å². The highest BCUT2D eigenvalue weighted by Gasteiger charge is 2.23. The van der Waals surface area contributed by atoms with E-state index in [0.29, 0.717) is 0 Å². The van der Waals surface area contributed by atoms with Crippen molar-refractivity contribution in [2.45, 2.75) is 10.6 Å². The molecule has 7 heteroatoms. The van der Waals surface area contributed by atoms with E-state index in [1.807, 2.05) is 0 Å². The third kappa shape index (κ3) is 3.06. The Morgan fingerprint density at radius 1 is 1.15 bits per heavy atom. The van der Waals surface area contributed by atoms with Gasteiger partial charge in [-0.25, -0.2) is 12.8 Å². The molecule has 2 rings (SSSR count). The fourth-order valence-corrected chi connectivity index (χ4v) is 4.04. The van der Waals surface area contributed by atoms with E-state index in [-0.39, 0.29) is 26.2 Å². The van der Waals surface area contributed by atoms with E-state index in [2.05, 4.69) is 0 Å². The average Bonchev–Trinajstić information content (AvgIpc) is 2.32. The van der Waals surface area contributed by atoms with Gasteiger partial charge < -0.3 is 5.73 Å². The predicted octanol–water partition coefficient (Wildman–Crippen LogP) is 3.69. The molecular formula is C13H10Cl2FNO2S. The minimum absolute atomic E-state index is 0.00807. The minimum Gasteiger partial charge on any atom is -0.398 e. The van der Waals surface area contributed by atoms with Crippen LogP contribution in [-0.2, 0) is 15.6 Å². The third-order valence-electron chi connectivity index (χ3n) is 2.67. The number of sulfone groups is 1. The van der Waals surface area contributed by atoms with E-state index in [9.17, 15) is 12.8 Å². The highest BCUT2D eigenvalue weighted by atomic mass is 35.5. The Kier molecular flexibility index (Phi) is 4.22. The maximum atomic E-state index is 13.7. The molecule has 0 heterocycles. The Labute approximate surface area is 126 Å². The first kappa shape index (κ1) is 15.1. The van der Waals surface area contributed by atoms with Gasteiger partial charge in [0, 0.05) is 10.6 Å². The van der Waals surface area contributed by atoms with Crippen LogP contribution in [0, 0.1) is 5.82 Å². The molecule has 0 bridgehead atoms. The maximum absolute atomic E-state index is 13.7. The van der Waals surface area contributed by atoms with Gasteiger partial charge >= 0.3 is 0 Å². The summed E-state index contributed by atoms with van der Waals surface area (Å²) >= 11 is 11.5. The van der Waals surface area contributed by atoms with Crippen LogP contribution in [0.4, 0.5) is 10.1 Å². The summed E-state index contributed by atoms with van der Waals surface area (Å²) in [5.41, 5.74) is 5.69. The van der Waals surface area contributed by atoms with Gasteiger partial charge in [0.15, 0.2) is 9.84 Å². The standard InChI is InChI=1S/C13H10Cl2FNO2S/c14-9-5-4-8(11(16)6-9)7-20(18,19)13-10(15)2-1-3-12(13)17/h1-6H,7,17H2. The van der Waals surface area contributed by atoms with Gasteiger partial charge in [-0.1, -0.05) is 35.3 Å². The first-order valence-corrected chi connectivity index (χ1v) is 7.93. The Balaban J connectivity index is 2.46. The molecule has 0 atom stereocenters. The summed E-state index contributed by atoms with van der Waals surface area (Å²) in [7, 11) is -3.85. The second-order valence-corrected chi connectivity index (χ2v) is 6.92. The Hall–Kier alpha value is -1.30. The summed E-state index contributed by atoms with van der Waals surface area (Å²) in [5, 5.41) is 0.209. The van der Waals surface area contributed by atoms with E-state index < -0.39 is 21.4 Å². The van der Waals surface area contributed by atoms with Gasteiger partial charge in [0.1, 0.15) is 10.7 Å². The normalized spacial score (nSPS) is 11.6. The van der Waals surface area contributed by atoms with Gasteiger partial charge in [0.25, 0.3) is 0 Å². The molecule has 106 valence electrons. The smallest absolute Gasteiger partial charge is 0.186 e. The van der Waals surface area contributed by atoms with Crippen molar-refractivity contribution in [3.8, 4) is 0 Å². The average molecular weight is 334 g/mol. The molecule has 2 aromatic carbocycles. The van der Waals surface area contributed by atoms with Crippen LogP contribution in [-0.4, -0.2) is 8.42 Å². The van der Waals surface area contributed by atoms with E-state index >= 15 is 0 Å². The minimum atomic E-state index is -3.85. The Morgan fingerprint density at radius 3 is 2.45 bits per heavy atom. The SMILES string of the molecule is Nc1cccc(Cl)c1S(=O)(=O)Cc1ccc(Cl)cc1F. The van der Waals surface area contributed by atoms with Crippen LogP contribution in [0.5, 0.6) is 0 Å². The lowest BCUT2D eigenvalue weighted by Crippen LogP contribution is -2.09. The summed E-state index contributed by atoms with van der Waals surface area (Å²) in [6, 6.07) is 8.19. The van der Waals surface area contributed by atoms with Gasteiger partial charge in [-0.05, 0) is 24.3 Å². The molecule has 0 spiro atoms. The molecule has 0 aliphatic carbocycles. The fraction of sp³-hybridized carbons (Fsp3) is 0.0769. The fourth-order valence-electron chi connectivity index (χ4n) is 1.77. The molecule has 20 heavy (non-hydrogen) atoms. The van der Waals surface area contributed by atoms with Crippen molar-refractivity contribution < 1.29 is 12.8 Å². The topological polar surface area (TPSA) is 60.2 Å². The summed E-state index contributed by atoms with van der Waals surface area (Å²) in [4.78, 5) is -0.184. The molecule has 0 aliphatic rings. The van der Waals surface area contributed by atoms with Crippen LogP contribution in [0.15, 0.2) is 41.3 Å². The summed E-state index contributed by atoms with van der Waals surface area (Å²) in [6.45, 7) is 0. The molecule has 2 N–H and O–H groups in total. The lowest BCUT2D eigenvalue weighted by Gasteiger charge is -2.10. The maximum Gasteiger partial charge on any atom is 0.186 e. The Morgan fingerprint density at radius 2 is 1.85 bits per heavy atom. The molecule has 0 amide bonds. The zero-order valence-electron chi connectivity index (χ0n) is 10.1. The summed E-state index contributed by atoms with van der Waals surface area (Å²) in [5.74, 6) is -1.23.